The monoisotopic (exact) mass is 234 g/mol. The smallest absolute Gasteiger partial charge is 0.119 e. The lowest BCUT2D eigenvalue weighted by atomic mass is 10.1. The number of rotatable bonds is 9. The number of hydrogen-bond acceptors (Lipinski definition) is 3. The molecule has 0 heterocycles. The Hall–Kier alpha value is -1.19. The van der Waals surface area contributed by atoms with Crippen molar-refractivity contribution in [1.82, 2.24) is 5.32 Å². The highest BCUT2D eigenvalue weighted by atomic mass is 16.1. The average molecular weight is 234 g/mol. The van der Waals surface area contributed by atoms with E-state index < -0.39 is 0 Å². The van der Waals surface area contributed by atoms with Gasteiger partial charge in [-0.15, -0.1) is 0 Å². The first-order valence-corrected chi connectivity index (χ1v) is 6.29. The molecule has 0 atom stereocenters. The summed E-state index contributed by atoms with van der Waals surface area (Å²) in [5.74, 6) is 0. The third-order valence-corrected chi connectivity index (χ3v) is 2.71. The van der Waals surface area contributed by atoms with Gasteiger partial charge in [-0.1, -0.05) is 24.3 Å². The molecule has 17 heavy (non-hydrogen) atoms. The molecule has 0 fully saturated rings. The number of unbranched alkanes of at least 4 members (excludes halogenated alkanes) is 2. The van der Waals surface area contributed by atoms with E-state index in [1.165, 1.54) is 11.1 Å². The highest BCUT2D eigenvalue weighted by molar-refractivity contribution is 5.48. The molecular formula is C14H22N2O. The highest BCUT2D eigenvalue weighted by Gasteiger charge is 1.94. The predicted molar refractivity (Wildman–Crippen MR) is 70.8 cm³/mol. The second kappa shape index (κ2) is 8.90. The van der Waals surface area contributed by atoms with Crippen molar-refractivity contribution in [2.45, 2.75) is 32.2 Å². The van der Waals surface area contributed by atoms with Crippen molar-refractivity contribution in [3.63, 3.8) is 0 Å². The van der Waals surface area contributed by atoms with Crippen LogP contribution in [-0.4, -0.2) is 19.4 Å². The Labute approximate surface area is 103 Å². The Balaban J connectivity index is 2.16. The zero-order chi connectivity index (χ0) is 12.3. The number of nitrogens with one attached hydrogen (secondary N) is 1. The van der Waals surface area contributed by atoms with Crippen molar-refractivity contribution in [1.29, 1.82) is 0 Å². The highest BCUT2D eigenvalue weighted by Crippen LogP contribution is 2.04. The molecule has 0 saturated heterocycles. The van der Waals surface area contributed by atoms with Crippen molar-refractivity contribution in [2.75, 3.05) is 13.1 Å². The topological polar surface area (TPSA) is 55.1 Å². The molecule has 0 aromatic heterocycles. The van der Waals surface area contributed by atoms with Crippen LogP contribution in [0.25, 0.3) is 0 Å². The summed E-state index contributed by atoms with van der Waals surface area (Å²) in [6.07, 6.45) is 4.64. The van der Waals surface area contributed by atoms with Crippen LogP contribution in [0.3, 0.4) is 0 Å². The first-order valence-electron chi connectivity index (χ1n) is 6.29. The Morgan fingerprint density at radius 1 is 1.12 bits per heavy atom. The van der Waals surface area contributed by atoms with Gasteiger partial charge >= 0.3 is 0 Å². The second-order valence-electron chi connectivity index (χ2n) is 4.19. The summed E-state index contributed by atoms with van der Waals surface area (Å²) in [5, 5.41) is 3.37. The minimum Gasteiger partial charge on any atom is -0.330 e. The molecule has 3 N–H and O–H groups in total. The average Bonchev–Trinajstić information content (AvgIpc) is 2.36. The van der Waals surface area contributed by atoms with Crippen molar-refractivity contribution in [2.24, 2.45) is 5.73 Å². The molecule has 94 valence electrons. The largest absolute Gasteiger partial charge is 0.330 e. The van der Waals surface area contributed by atoms with E-state index >= 15 is 0 Å². The third kappa shape index (κ3) is 6.19. The first-order chi connectivity index (χ1) is 8.36. The summed E-state index contributed by atoms with van der Waals surface area (Å²) < 4.78 is 0. The van der Waals surface area contributed by atoms with E-state index in [2.05, 4.69) is 29.6 Å². The maximum absolute atomic E-state index is 10.1. The lowest BCUT2D eigenvalue weighted by molar-refractivity contribution is -0.107. The van der Waals surface area contributed by atoms with Crippen LogP contribution in [0.4, 0.5) is 0 Å². The van der Waals surface area contributed by atoms with Crippen molar-refractivity contribution < 1.29 is 4.79 Å². The van der Waals surface area contributed by atoms with Gasteiger partial charge in [-0.3, -0.25) is 0 Å². The second-order valence-corrected chi connectivity index (χ2v) is 4.19. The standard InChI is InChI=1S/C14H22N2O/c15-9-8-13-4-6-14(7-5-13)12-16-10-2-1-3-11-17/h4-7,11,16H,1-3,8-10,12,15H2. The van der Waals surface area contributed by atoms with Gasteiger partial charge in [0.05, 0.1) is 0 Å². The number of aldehydes is 1. The maximum atomic E-state index is 10.1. The Kier molecular flexibility index (Phi) is 7.27. The molecule has 3 nitrogen and oxygen atoms in total. The molecule has 3 heteroatoms. The van der Waals surface area contributed by atoms with Gasteiger partial charge < -0.3 is 15.8 Å². The lowest BCUT2D eigenvalue weighted by Gasteiger charge is -2.05. The van der Waals surface area contributed by atoms with E-state index in [9.17, 15) is 4.79 Å². The van der Waals surface area contributed by atoms with E-state index in [0.717, 1.165) is 38.6 Å². The van der Waals surface area contributed by atoms with Crippen LogP contribution in [0.15, 0.2) is 24.3 Å². The molecule has 1 aromatic carbocycles. The van der Waals surface area contributed by atoms with Gasteiger partial charge in [-0.05, 0) is 43.5 Å². The van der Waals surface area contributed by atoms with Gasteiger partial charge in [0.25, 0.3) is 0 Å². The van der Waals surface area contributed by atoms with E-state index in [1.54, 1.807) is 0 Å². The van der Waals surface area contributed by atoms with Crippen LogP contribution in [0.2, 0.25) is 0 Å². The minimum absolute atomic E-state index is 0.676. The molecule has 0 aliphatic rings. The molecule has 0 aliphatic carbocycles. The lowest BCUT2D eigenvalue weighted by Crippen LogP contribution is -2.14. The van der Waals surface area contributed by atoms with Crippen LogP contribution < -0.4 is 11.1 Å². The molecular weight excluding hydrogens is 212 g/mol. The van der Waals surface area contributed by atoms with Gasteiger partial charge in [0, 0.05) is 13.0 Å². The number of benzene rings is 1. The molecule has 1 rings (SSSR count). The summed E-state index contributed by atoms with van der Waals surface area (Å²) in [6.45, 7) is 2.57. The summed E-state index contributed by atoms with van der Waals surface area (Å²) in [6, 6.07) is 8.55. The normalized spacial score (nSPS) is 10.4. The fourth-order valence-electron chi connectivity index (χ4n) is 1.70. The van der Waals surface area contributed by atoms with Crippen LogP contribution in [0.1, 0.15) is 30.4 Å². The van der Waals surface area contributed by atoms with Gasteiger partial charge in [0.15, 0.2) is 0 Å². The summed E-state index contributed by atoms with van der Waals surface area (Å²) in [4.78, 5) is 10.1. The number of carbonyl (C=O) groups excluding carboxylic acids is 1. The summed E-state index contributed by atoms with van der Waals surface area (Å²) >= 11 is 0. The van der Waals surface area contributed by atoms with Crippen LogP contribution in [-0.2, 0) is 17.8 Å². The molecule has 0 saturated carbocycles. The van der Waals surface area contributed by atoms with Gasteiger partial charge in [0.1, 0.15) is 6.29 Å². The predicted octanol–water partition coefficient (Wildman–Crippen LogP) is 1.65. The number of carbonyl (C=O) groups is 1. The zero-order valence-corrected chi connectivity index (χ0v) is 10.3. The minimum atomic E-state index is 0.676. The summed E-state index contributed by atoms with van der Waals surface area (Å²) in [7, 11) is 0. The SMILES string of the molecule is NCCc1ccc(CNCCCCC=O)cc1. The van der Waals surface area contributed by atoms with E-state index in [-0.39, 0.29) is 0 Å². The Bertz CT molecular complexity index is 309. The van der Waals surface area contributed by atoms with Gasteiger partial charge in [-0.2, -0.15) is 0 Å². The fourth-order valence-corrected chi connectivity index (χ4v) is 1.70. The zero-order valence-electron chi connectivity index (χ0n) is 10.3. The van der Waals surface area contributed by atoms with E-state index in [4.69, 9.17) is 5.73 Å². The molecule has 0 aliphatic heterocycles. The molecule has 1 aromatic rings. The maximum Gasteiger partial charge on any atom is 0.119 e. The molecule has 0 unspecified atom stereocenters. The molecule has 0 bridgehead atoms. The third-order valence-electron chi connectivity index (χ3n) is 2.71. The Morgan fingerprint density at radius 2 is 1.82 bits per heavy atom. The molecule has 0 spiro atoms. The van der Waals surface area contributed by atoms with Crippen molar-refractivity contribution in [3.05, 3.63) is 35.4 Å². The fraction of sp³-hybridized carbons (Fsp3) is 0.500. The number of hydrogen-bond donors (Lipinski definition) is 2. The van der Waals surface area contributed by atoms with E-state index in [1.807, 2.05) is 0 Å². The van der Waals surface area contributed by atoms with Crippen LogP contribution >= 0.6 is 0 Å². The van der Waals surface area contributed by atoms with Crippen molar-refractivity contribution >= 4 is 6.29 Å². The molecule has 0 amide bonds. The first kappa shape index (κ1) is 13.9. The van der Waals surface area contributed by atoms with Crippen molar-refractivity contribution in [3.8, 4) is 0 Å². The Morgan fingerprint density at radius 3 is 2.47 bits per heavy atom. The number of nitrogens with two attached hydrogens (primary N) is 1. The van der Waals surface area contributed by atoms with E-state index in [0.29, 0.717) is 13.0 Å². The van der Waals surface area contributed by atoms with Crippen LogP contribution in [0, 0.1) is 0 Å². The quantitative estimate of drug-likeness (QED) is 0.504. The van der Waals surface area contributed by atoms with Gasteiger partial charge in [0.2, 0.25) is 0 Å². The van der Waals surface area contributed by atoms with Crippen LogP contribution in [0.5, 0.6) is 0 Å². The molecule has 0 radical (unpaired) electrons. The summed E-state index contributed by atoms with van der Waals surface area (Å²) in [5.41, 5.74) is 8.09. The van der Waals surface area contributed by atoms with Gasteiger partial charge in [-0.25, -0.2) is 0 Å².